The van der Waals surface area contributed by atoms with Crippen LogP contribution in [0.5, 0.6) is 5.75 Å². The van der Waals surface area contributed by atoms with Gasteiger partial charge in [0.15, 0.2) is 0 Å². The second-order valence-electron chi connectivity index (χ2n) is 4.47. The van der Waals surface area contributed by atoms with Crippen LogP contribution in [-0.4, -0.2) is 24.1 Å². The molecule has 0 saturated carbocycles. The van der Waals surface area contributed by atoms with Gasteiger partial charge in [-0.1, -0.05) is 18.3 Å². The lowest BCUT2D eigenvalue weighted by atomic mass is 10.2. The molecule has 0 aliphatic carbocycles. The van der Waals surface area contributed by atoms with Gasteiger partial charge in [0, 0.05) is 31.5 Å². The van der Waals surface area contributed by atoms with E-state index in [2.05, 4.69) is 9.88 Å². The average molecular weight is 287 g/mol. The van der Waals surface area contributed by atoms with Crippen LogP contribution in [0.2, 0.25) is 0 Å². The Balaban J connectivity index is 2.16. The fourth-order valence-electron chi connectivity index (χ4n) is 1.92. The first-order valence-corrected chi connectivity index (χ1v) is 6.61. The quantitative estimate of drug-likeness (QED) is 0.856. The molecule has 0 radical (unpaired) electrons. The van der Waals surface area contributed by atoms with Crippen molar-refractivity contribution >= 4 is 22.9 Å². The number of thiocarbonyl (C=S) groups is 1. The molecule has 0 amide bonds. The first-order chi connectivity index (χ1) is 9.60. The van der Waals surface area contributed by atoms with Crippen molar-refractivity contribution in [3.63, 3.8) is 0 Å². The second kappa shape index (κ2) is 6.34. The van der Waals surface area contributed by atoms with E-state index in [1.807, 2.05) is 43.4 Å². The summed E-state index contributed by atoms with van der Waals surface area (Å²) in [4.78, 5) is 6.58. The Morgan fingerprint density at radius 1 is 1.35 bits per heavy atom. The number of pyridine rings is 1. The maximum atomic E-state index is 5.60. The molecule has 0 spiro atoms. The van der Waals surface area contributed by atoms with Gasteiger partial charge in [-0.3, -0.25) is 4.98 Å². The van der Waals surface area contributed by atoms with Gasteiger partial charge >= 0.3 is 0 Å². The van der Waals surface area contributed by atoms with E-state index in [0.29, 0.717) is 10.7 Å². The highest BCUT2D eigenvalue weighted by atomic mass is 32.1. The van der Waals surface area contributed by atoms with Crippen molar-refractivity contribution in [2.24, 2.45) is 5.73 Å². The molecule has 4 nitrogen and oxygen atoms in total. The number of ether oxygens (including phenoxy) is 1. The number of hydrogen-bond acceptors (Lipinski definition) is 4. The lowest BCUT2D eigenvalue weighted by molar-refractivity contribution is 0.415. The molecule has 1 aromatic heterocycles. The standard InChI is InChI=1S/C15H17N3OS/c1-18(12-4-3-5-13(9-12)19-2)10-11-6-7-17-14(8-11)15(16)20/h3-9H,10H2,1-2H3,(H2,16,20). The van der Waals surface area contributed by atoms with Gasteiger partial charge in [-0.15, -0.1) is 0 Å². The molecular weight excluding hydrogens is 270 g/mol. The third kappa shape index (κ3) is 3.45. The van der Waals surface area contributed by atoms with Crippen LogP contribution in [0.3, 0.4) is 0 Å². The first-order valence-electron chi connectivity index (χ1n) is 6.20. The highest BCUT2D eigenvalue weighted by molar-refractivity contribution is 7.80. The van der Waals surface area contributed by atoms with E-state index in [1.165, 1.54) is 0 Å². The number of benzene rings is 1. The molecule has 0 aliphatic rings. The van der Waals surface area contributed by atoms with E-state index >= 15 is 0 Å². The van der Waals surface area contributed by atoms with Crippen molar-refractivity contribution in [2.75, 3.05) is 19.1 Å². The SMILES string of the molecule is COc1cccc(N(C)Cc2ccnc(C(N)=S)c2)c1. The summed E-state index contributed by atoms with van der Waals surface area (Å²) in [5.74, 6) is 0.841. The van der Waals surface area contributed by atoms with Crippen molar-refractivity contribution in [1.29, 1.82) is 0 Å². The van der Waals surface area contributed by atoms with Gasteiger partial charge in [-0.2, -0.15) is 0 Å². The molecule has 2 rings (SSSR count). The number of rotatable bonds is 5. The van der Waals surface area contributed by atoms with Gasteiger partial charge in [0.25, 0.3) is 0 Å². The summed E-state index contributed by atoms with van der Waals surface area (Å²) < 4.78 is 5.24. The summed E-state index contributed by atoms with van der Waals surface area (Å²) in [5.41, 5.74) is 8.44. The molecule has 0 bridgehead atoms. The molecule has 1 aromatic carbocycles. The molecule has 2 aromatic rings. The van der Waals surface area contributed by atoms with Crippen molar-refractivity contribution in [3.05, 3.63) is 53.9 Å². The van der Waals surface area contributed by atoms with Gasteiger partial charge in [-0.25, -0.2) is 0 Å². The maximum Gasteiger partial charge on any atom is 0.122 e. The predicted molar refractivity (Wildman–Crippen MR) is 85.2 cm³/mol. The fraction of sp³-hybridized carbons (Fsp3) is 0.200. The minimum absolute atomic E-state index is 0.316. The van der Waals surface area contributed by atoms with Crippen LogP contribution in [0.1, 0.15) is 11.3 Å². The zero-order valence-electron chi connectivity index (χ0n) is 11.5. The molecular formula is C15H17N3OS. The molecule has 0 aliphatic heterocycles. The van der Waals surface area contributed by atoms with Crippen LogP contribution in [0.25, 0.3) is 0 Å². The minimum atomic E-state index is 0.316. The van der Waals surface area contributed by atoms with Crippen molar-refractivity contribution in [3.8, 4) is 5.75 Å². The Labute approximate surface area is 124 Å². The Morgan fingerprint density at radius 2 is 2.15 bits per heavy atom. The molecule has 1 heterocycles. The average Bonchev–Trinajstić information content (AvgIpc) is 2.47. The number of hydrogen-bond donors (Lipinski definition) is 1. The first kappa shape index (κ1) is 14.3. The zero-order chi connectivity index (χ0) is 14.5. The maximum absolute atomic E-state index is 5.60. The molecule has 0 unspecified atom stereocenters. The molecule has 20 heavy (non-hydrogen) atoms. The van der Waals surface area contributed by atoms with Crippen molar-refractivity contribution in [1.82, 2.24) is 4.98 Å². The Hall–Kier alpha value is -2.14. The van der Waals surface area contributed by atoms with Crippen LogP contribution in [-0.2, 0) is 6.54 Å². The van der Waals surface area contributed by atoms with E-state index in [-0.39, 0.29) is 0 Å². The third-order valence-electron chi connectivity index (χ3n) is 2.99. The normalized spacial score (nSPS) is 10.1. The van der Waals surface area contributed by atoms with Crippen LogP contribution in [0, 0.1) is 0 Å². The highest BCUT2D eigenvalue weighted by Crippen LogP contribution is 2.21. The van der Waals surface area contributed by atoms with E-state index in [4.69, 9.17) is 22.7 Å². The number of nitrogens with two attached hydrogens (primary N) is 1. The smallest absolute Gasteiger partial charge is 0.122 e. The summed E-state index contributed by atoms with van der Waals surface area (Å²) in [6.07, 6.45) is 1.73. The van der Waals surface area contributed by atoms with E-state index < -0.39 is 0 Å². The van der Waals surface area contributed by atoms with E-state index in [0.717, 1.165) is 23.5 Å². The molecule has 0 atom stereocenters. The van der Waals surface area contributed by atoms with Crippen LogP contribution < -0.4 is 15.4 Å². The Bertz CT molecular complexity index is 616. The lowest BCUT2D eigenvalue weighted by Gasteiger charge is -2.20. The molecule has 2 N–H and O–H groups in total. The summed E-state index contributed by atoms with van der Waals surface area (Å²) in [5, 5.41) is 0. The largest absolute Gasteiger partial charge is 0.497 e. The van der Waals surface area contributed by atoms with Gasteiger partial charge in [0.05, 0.1) is 12.8 Å². The molecule has 5 heteroatoms. The predicted octanol–water partition coefficient (Wildman–Crippen LogP) is 2.36. The number of anilines is 1. The summed E-state index contributed by atoms with van der Waals surface area (Å²) in [7, 11) is 3.69. The highest BCUT2D eigenvalue weighted by Gasteiger charge is 2.05. The number of nitrogens with zero attached hydrogens (tertiary/aromatic N) is 2. The third-order valence-corrected chi connectivity index (χ3v) is 3.20. The van der Waals surface area contributed by atoms with Gasteiger partial charge in [0.1, 0.15) is 10.7 Å². The van der Waals surface area contributed by atoms with Crippen LogP contribution >= 0.6 is 12.2 Å². The van der Waals surface area contributed by atoms with Crippen LogP contribution in [0.4, 0.5) is 5.69 Å². The lowest BCUT2D eigenvalue weighted by Crippen LogP contribution is -2.18. The van der Waals surface area contributed by atoms with E-state index in [1.54, 1.807) is 13.3 Å². The monoisotopic (exact) mass is 287 g/mol. The second-order valence-corrected chi connectivity index (χ2v) is 4.91. The summed E-state index contributed by atoms with van der Waals surface area (Å²) >= 11 is 4.95. The molecule has 0 saturated heterocycles. The molecule has 104 valence electrons. The van der Waals surface area contributed by atoms with E-state index in [9.17, 15) is 0 Å². The fourth-order valence-corrected chi connectivity index (χ4v) is 2.03. The zero-order valence-corrected chi connectivity index (χ0v) is 12.4. The van der Waals surface area contributed by atoms with Crippen LogP contribution in [0.15, 0.2) is 42.6 Å². The summed E-state index contributed by atoms with van der Waals surface area (Å²) in [6.45, 7) is 0.741. The molecule has 0 fully saturated rings. The summed E-state index contributed by atoms with van der Waals surface area (Å²) in [6, 6.07) is 11.8. The Morgan fingerprint density at radius 3 is 2.85 bits per heavy atom. The van der Waals surface area contributed by atoms with Gasteiger partial charge in [0.2, 0.25) is 0 Å². The van der Waals surface area contributed by atoms with Gasteiger partial charge in [-0.05, 0) is 29.8 Å². The van der Waals surface area contributed by atoms with Gasteiger partial charge < -0.3 is 15.4 Å². The topological polar surface area (TPSA) is 51.4 Å². The Kier molecular flexibility index (Phi) is 4.53. The number of aromatic nitrogens is 1. The van der Waals surface area contributed by atoms with Crippen molar-refractivity contribution in [2.45, 2.75) is 6.54 Å². The van der Waals surface area contributed by atoms with Crippen molar-refractivity contribution < 1.29 is 4.74 Å². The number of methoxy groups -OCH3 is 1. The minimum Gasteiger partial charge on any atom is -0.497 e.